The highest BCUT2D eigenvalue weighted by Crippen LogP contribution is 2.39. The molecule has 4 aromatic rings. The second-order valence-electron chi connectivity index (χ2n) is 8.43. The number of carbonyl (C=O) groups excluding carboxylic acids is 1. The van der Waals surface area contributed by atoms with E-state index in [-0.39, 0.29) is 11.9 Å². The van der Waals surface area contributed by atoms with Gasteiger partial charge < -0.3 is 10.7 Å². The molecule has 5 rings (SSSR count). The van der Waals surface area contributed by atoms with Gasteiger partial charge in [-0.15, -0.1) is 10.2 Å². The van der Waals surface area contributed by atoms with Crippen LogP contribution in [0.5, 0.6) is 0 Å². The molecule has 6 nitrogen and oxygen atoms in total. The third kappa shape index (κ3) is 4.36. The zero-order valence-electron chi connectivity index (χ0n) is 18.7. The second-order valence-corrected chi connectivity index (χ2v) is 9.54. The van der Waals surface area contributed by atoms with Crippen LogP contribution < -0.4 is 10.7 Å². The van der Waals surface area contributed by atoms with E-state index >= 15 is 0 Å². The first-order chi connectivity index (χ1) is 16.0. The zero-order valence-corrected chi connectivity index (χ0v) is 19.6. The molecule has 1 aliphatic heterocycles. The molecule has 0 saturated carbocycles. The Kier molecular flexibility index (Phi) is 5.64. The largest absolute Gasteiger partial charge is 0.325 e. The summed E-state index contributed by atoms with van der Waals surface area (Å²) < 4.78 is 1.89. The van der Waals surface area contributed by atoms with Crippen molar-refractivity contribution >= 4 is 23.4 Å². The van der Waals surface area contributed by atoms with E-state index in [0.717, 1.165) is 33.8 Å². The minimum Gasteiger partial charge on any atom is -0.325 e. The van der Waals surface area contributed by atoms with Gasteiger partial charge in [-0.3, -0.25) is 4.79 Å². The summed E-state index contributed by atoms with van der Waals surface area (Å²) in [4.78, 5) is 13.5. The van der Waals surface area contributed by atoms with Crippen molar-refractivity contribution in [3.8, 4) is 11.4 Å². The topological polar surface area (TPSA) is 71.8 Å². The van der Waals surface area contributed by atoms with Crippen LogP contribution in [0.3, 0.4) is 0 Å². The Balaban J connectivity index is 1.51. The molecule has 0 unspecified atom stereocenters. The highest BCUT2D eigenvalue weighted by molar-refractivity contribution is 8.00. The van der Waals surface area contributed by atoms with E-state index in [1.807, 2.05) is 61.0 Å². The van der Waals surface area contributed by atoms with Crippen LogP contribution in [0.15, 0.2) is 78.0 Å². The lowest BCUT2D eigenvalue weighted by molar-refractivity contribution is -0.116. The normalized spacial score (nSPS) is 17.2. The number of hydrogen-bond acceptors (Lipinski definition) is 5. The summed E-state index contributed by atoms with van der Waals surface area (Å²) in [5, 5.41) is 12.1. The van der Waals surface area contributed by atoms with Gasteiger partial charge in [0.1, 0.15) is 5.25 Å². The lowest BCUT2D eigenvalue weighted by Gasteiger charge is -2.33. The average molecular weight is 456 g/mol. The van der Waals surface area contributed by atoms with Crippen LogP contribution in [0, 0.1) is 20.8 Å². The Bertz CT molecular complexity index is 1280. The molecule has 0 bridgehead atoms. The monoisotopic (exact) mass is 455 g/mol. The molecule has 3 aromatic carbocycles. The van der Waals surface area contributed by atoms with Crippen molar-refractivity contribution in [3.63, 3.8) is 0 Å². The number of anilines is 1. The predicted octanol–water partition coefficient (Wildman–Crippen LogP) is 5.27. The minimum absolute atomic E-state index is 0.0708. The fourth-order valence-corrected chi connectivity index (χ4v) is 5.19. The third-order valence-corrected chi connectivity index (χ3v) is 6.87. The summed E-state index contributed by atoms with van der Waals surface area (Å²) in [6, 6.07) is 24.0. The quantitative estimate of drug-likeness (QED) is 0.439. The van der Waals surface area contributed by atoms with Crippen molar-refractivity contribution in [3.05, 3.63) is 95.1 Å². The van der Waals surface area contributed by atoms with E-state index in [4.69, 9.17) is 0 Å². The van der Waals surface area contributed by atoms with Crippen molar-refractivity contribution in [2.45, 2.75) is 37.2 Å². The molecule has 2 atom stereocenters. The Hall–Kier alpha value is -3.58. The maximum absolute atomic E-state index is 13.5. The van der Waals surface area contributed by atoms with Crippen molar-refractivity contribution in [1.82, 2.24) is 14.9 Å². The molecule has 1 amide bonds. The van der Waals surface area contributed by atoms with Crippen LogP contribution >= 0.6 is 11.8 Å². The number of amides is 1. The van der Waals surface area contributed by atoms with Crippen LogP contribution in [-0.2, 0) is 4.79 Å². The summed E-state index contributed by atoms with van der Waals surface area (Å²) in [6.45, 7) is 6.12. The van der Waals surface area contributed by atoms with Crippen molar-refractivity contribution < 1.29 is 4.79 Å². The van der Waals surface area contributed by atoms with Crippen LogP contribution in [0.2, 0.25) is 0 Å². The molecule has 0 saturated heterocycles. The van der Waals surface area contributed by atoms with Gasteiger partial charge in [0.25, 0.3) is 0 Å². The van der Waals surface area contributed by atoms with Crippen molar-refractivity contribution in [1.29, 1.82) is 0 Å². The number of hydrogen-bond donors (Lipinski definition) is 2. The van der Waals surface area contributed by atoms with E-state index < -0.39 is 5.25 Å². The predicted molar refractivity (Wildman–Crippen MR) is 133 cm³/mol. The number of thioether (sulfide) groups is 1. The summed E-state index contributed by atoms with van der Waals surface area (Å²) in [7, 11) is 0. The Morgan fingerprint density at radius 2 is 1.61 bits per heavy atom. The first kappa shape index (κ1) is 21.3. The molecule has 7 heteroatoms. The molecule has 1 aliphatic rings. The van der Waals surface area contributed by atoms with Gasteiger partial charge in [0, 0.05) is 11.3 Å². The fraction of sp³-hybridized carbons (Fsp3) is 0.192. The molecular weight excluding hydrogens is 430 g/mol. The Morgan fingerprint density at radius 1 is 0.909 bits per heavy atom. The highest BCUT2D eigenvalue weighted by atomic mass is 32.2. The van der Waals surface area contributed by atoms with Crippen LogP contribution in [0.1, 0.15) is 28.3 Å². The maximum atomic E-state index is 13.5. The third-order valence-electron chi connectivity index (χ3n) is 5.65. The van der Waals surface area contributed by atoms with E-state index in [9.17, 15) is 4.79 Å². The van der Waals surface area contributed by atoms with Gasteiger partial charge in [0.2, 0.25) is 11.1 Å². The Labute approximate surface area is 197 Å². The summed E-state index contributed by atoms with van der Waals surface area (Å²) in [5.41, 5.74) is 9.73. The van der Waals surface area contributed by atoms with Crippen molar-refractivity contribution in [2.75, 3.05) is 10.7 Å². The maximum Gasteiger partial charge on any atom is 0.240 e. The molecule has 0 spiro atoms. The standard InChI is InChI=1S/C26H25N5OS/c1-16-9-11-19(12-10-16)22-23(25(32)27-21-14-17(2)13-18(3)15-21)33-26-29-28-24(31(26)30-22)20-7-5-4-6-8-20/h4-15,22-23,30H,1-3H3,(H,27,32)/t22-,23-/m1/s1. The van der Waals surface area contributed by atoms with Gasteiger partial charge in [-0.1, -0.05) is 78.0 Å². The second kappa shape index (κ2) is 8.75. The molecule has 1 aromatic heterocycles. The number of nitrogens with one attached hydrogen (secondary N) is 2. The van der Waals surface area contributed by atoms with E-state index in [0.29, 0.717) is 5.16 Å². The molecule has 2 N–H and O–H groups in total. The number of aromatic nitrogens is 3. The minimum atomic E-state index is -0.422. The Morgan fingerprint density at radius 3 is 2.30 bits per heavy atom. The number of rotatable bonds is 4. The van der Waals surface area contributed by atoms with Crippen LogP contribution in [0.25, 0.3) is 11.4 Å². The van der Waals surface area contributed by atoms with Gasteiger partial charge in [-0.25, -0.2) is 4.68 Å². The lowest BCUT2D eigenvalue weighted by atomic mass is 10.0. The number of aryl methyl sites for hydroxylation is 3. The van der Waals surface area contributed by atoms with Gasteiger partial charge in [-0.2, -0.15) is 0 Å². The average Bonchev–Trinajstić information content (AvgIpc) is 3.21. The van der Waals surface area contributed by atoms with Crippen LogP contribution in [0.4, 0.5) is 5.69 Å². The zero-order chi connectivity index (χ0) is 22.9. The van der Waals surface area contributed by atoms with Gasteiger partial charge in [-0.05, 0) is 49.6 Å². The number of carbonyl (C=O) groups is 1. The number of benzene rings is 3. The molecule has 2 heterocycles. The SMILES string of the molecule is Cc1ccc([C@H]2Nn3c(nnc3-c3ccccc3)S[C@H]2C(=O)Nc2cc(C)cc(C)c2)cc1. The number of fused-ring (bicyclic) bond motifs is 1. The molecule has 166 valence electrons. The van der Waals surface area contributed by atoms with E-state index in [1.165, 1.54) is 17.3 Å². The van der Waals surface area contributed by atoms with Crippen LogP contribution in [-0.4, -0.2) is 26.0 Å². The molecule has 33 heavy (non-hydrogen) atoms. The first-order valence-electron chi connectivity index (χ1n) is 10.9. The van der Waals surface area contributed by atoms with Crippen molar-refractivity contribution in [2.24, 2.45) is 0 Å². The molecule has 0 radical (unpaired) electrons. The molecule has 0 aliphatic carbocycles. The van der Waals surface area contributed by atoms with Gasteiger partial charge in [0.15, 0.2) is 5.82 Å². The van der Waals surface area contributed by atoms with E-state index in [1.54, 1.807) is 0 Å². The smallest absolute Gasteiger partial charge is 0.240 e. The highest BCUT2D eigenvalue weighted by Gasteiger charge is 2.38. The van der Waals surface area contributed by atoms with Gasteiger partial charge >= 0.3 is 0 Å². The summed E-state index contributed by atoms with van der Waals surface area (Å²) in [6.07, 6.45) is 0. The fourth-order valence-electron chi connectivity index (χ4n) is 4.11. The molecular formula is C26H25N5OS. The lowest BCUT2D eigenvalue weighted by Crippen LogP contribution is -2.41. The summed E-state index contributed by atoms with van der Waals surface area (Å²) >= 11 is 1.43. The first-order valence-corrected chi connectivity index (χ1v) is 11.8. The summed E-state index contributed by atoms with van der Waals surface area (Å²) in [5.74, 6) is 0.655. The van der Waals surface area contributed by atoms with Gasteiger partial charge in [0.05, 0.1) is 6.04 Å². The number of nitrogens with zero attached hydrogens (tertiary/aromatic N) is 3. The molecule has 0 fully saturated rings. The van der Waals surface area contributed by atoms with E-state index in [2.05, 4.69) is 58.2 Å².